The lowest BCUT2D eigenvalue weighted by atomic mass is 9.77. The third-order valence-electron chi connectivity index (χ3n) is 4.12. The lowest BCUT2D eigenvalue weighted by Gasteiger charge is -2.41. The second-order valence-corrected chi connectivity index (χ2v) is 5.27. The van der Waals surface area contributed by atoms with Crippen LogP contribution in [-0.4, -0.2) is 12.6 Å². The number of hydrogen-bond acceptors (Lipinski definition) is 2. The van der Waals surface area contributed by atoms with Crippen LogP contribution in [0.1, 0.15) is 51.5 Å². The van der Waals surface area contributed by atoms with Crippen LogP contribution < -0.4 is 10.1 Å². The van der Waals surface area contributed by atoms with E-state index in [0.717, 1.165) is 12.2 Å². The van der Waals surface area contributed by atoms with Crippen molar-refractivity contribution in [3.63, 3.8) is 0 Å². The van der Waals surface area contributed by atoms with Gasteiger partial charge in [0.25, 0.3) is 0 Å². The quantitative estimate of drug-likeness (QED) is 0.846. The molecule has 0 aliphatic carbocycles. The van der Waals surface area contributed by atoms with Crippen LogP contribution in [0, 0.1) is 0 Å². The van der Waals surface area contributed by atoms with E-state index in [9.17, 15) is 0 Å². The van der Waals surface area contributed by atoms with Gasteiger partial charge in [-0.15, -0.1) is 0 Å². The Morgan fingerprint density at radius 1 is 1.41 bits per heavy atom. The maximum Gasteiger partial charge on any atom is 0.142 e. The number of methoxy groups -OCH3 is 1. The van der Waals surface area contributed by atoms with Gasteiger partial charge in [0, 0.05) is 5.54 Å². The number of anilines is 1. The van der Waals surface area contributed by atoms with Crippen LogP contribution in [0.3, 0.4) is 0 Å². The Morgan fingerprint density at radius 3 is 2.76 bits per heavy atom. The summed E-state index contributed by atoms with van der Waals surface area (Å²) in [4.78, 5) is 0. The summed E-state index contributed by atoms with van der Waals surface area (Å²) in [7, 11) is 1.75. The maximum absolute atomic E-state index is 5.48. The normalized spacial score (nSPS) is 27.2. The minimum Gasteiger partial charge on any atom is -0.495 e. The van der Waals surface area contributed by atoms with Gasteiger partial charge in [-0.05, 0) is 43.7 Å². The fourth-order valence-corrected chi connectivity index (χ4v) is 2.80. The average molecular weight is 233 g/mol. The summed E-state index contributed by atoms with van der Waals surface area (Å²) < 4.78 is 5.48. The summed E-state index contributed by atoms with van der Waals surface area (Å²) in [5.74, 6) is 1.62. The van der Waals surface area contributed by atoms with Crippen LogP contribution in [0.2, 0.25) is 0 Å². The van der Waals surface area contributed by atoms with Crippen LogP contribution in [0.25, 0.3) is 0 Å². The molecule has 1 heterocycles. The number of nitrogens with one attached hydrogen (secondary N) is 1. The molecule has 1 aromatic rings. The number of fused-ring (bicyclic) bond motifs is 1. The number of rotatable bonds is 3. The van der Waals surface area contributed by atoms with Crippen LogP contribution in [0.4, 0.5) is 5.69 Å². The molecule has 2 unspecified atom stereocenters. The molecule has 2 rings (SSSR count). The molecule has 1 aliphatic rings. The minimum atomic E-state index is 0.197. The van der Waals surface area contributed by atoms with E-state index in [4.69, 9.17) is 4.74 Å². The SMILES string of the molecule is CCC1CC(C)(CC)Nc2c(OC)cccc21. The van der Waals surface area contributed by atoms with E-state index < -0.39 is 0 Å². The van der Waals surface area contributed by atoms with E-state index in [1.165, 1.54) is 24.1 Å². The Kier molecular flexibility index (Phi) is 3.32. The molecule has 0 bridgehead atoms. The summed E-state index contributed by atoms with van der Waals surface area (Å²) in [5.41, 5.74) is 2.82. The molecule has 0 radical (unpaired) electrons. The van der Waals surface area contributed by atoms with Crippen LogP contribution >= 0.6 is 0 Å². The van der Waals surface area contributed by atoms with Gasteiger partial charge < -0.3 is 10.1 Å². The van der Waals surface area contributed by atoms with Gasteiger partial charge in [0.05, 0.1) is 12.8 Å². The van der Waals surface area contributed by atoms with Crippen molar-refractivity contribution in [2.45, 2.75) is 51.5 Å². The predicted molar refractivity (Wildman–Crippen MR) is 73.0 cm³/mol. The molecule has 1 N–H and O–H groups in total. The van der Waals surface area contributed by atoms with Gasteiger partial charge in [-0.2, -0.15) is 0 Å². The molecule has 0 saturated heterocycles. The molecule has 94 valence electrons. The highest BCUT2D eigenvalue weighted by Crippen LogP contribution is 2.45. The van der Waals surface area contributed by atoms with Gasteiger partial charge in [0.1, 0.15) is 5.75 Å². The Hall–Kier alpha value is -1.18. The first-order chi connectivity index (χ1) is 8.13. The average Bonchev–Trinajstić information content (AvgIpc) is 2.37. The molecule has 1 aromatic carbocycles. The number of benzene rings is 1. The molecule has 17 heavy (non-hydrogen) atoms. The first-order valence-corrected chi connectivity index (χ1v) is 6.58. The van der Waals surface area contributed by atoms with Crippen molar-refractivity contribution in [3.05, 3.63) is 23.8 Å². The van der Waals surface area contributed by atoms with E-state index in [1.807, 2.05) is 6.07 Å². The monoisotopic (exact) mass is 233 g/mol. The first kappa shape index (κ1) is 12.3. The topological polar surface area (TPSA) is 21.3 Å². The molecule has 2 atom stereocenters. The minimum absolute atomic E-state index is 0.197. The van der Waals surface area contributed by atoms with Gasteiger partial charge in [0.2, 0.25) is 0 Å². The molecule has 0 fully saturated rings. The Labute approximate surface area is 104 Å². The molecular formula is C15H23NO. The van der Waals surface area contributed by atoms with Crippen LogP contribution in [-0.2, 0) is 0 Å². The smallest absolute Gasteiger partial charge is 0.142 e. The predicted octanol–water partition coefficient (Wildman–Crippen LogP) is 4.17. The summed E-state index contributed by atoms with van der Waals surface area (Å²) in [6.45, 7) is 6.83. The largest absolute Gasteiger partial charge is 0.495 e. The van der Waals surface area contributed by atoms with Crippen molar-refractivity contribution >= 4 is 5.69 Å². The fraction of sp³-hybridized carbons (Fsp3) is 0.600. The van der Waals surface area contributed by atoms with E-state index >= 15 is 0 Å². The van der Waals surface area contributed by atoms with E-state index in [0.29, 0.717) is 5.92 Å². The van der Waals surface area contributed by atoms with Gasteiger partial charge in [-0.1, -0.05) is 26.0 Å². The highest BCUT2D eigenvalue weighted by Gasteiger charge is 2.34. The van der Waals surface area contributed by atoms with Crippen molar-refractivity contribution < 1.29 is 4.74 Å². The second kappa shape index (κ2) is 4.59. The number of ether oxygens (including phenoxy) is 1. The molecule has 0 amide bonds. The van der Waals surface area contributed by atoms with Crippen molar-refractivity contribution in [3.8, 4) is 5.75 Å². The molecule has 2 heteroatoms. The Bertz CT molecular complexity index is 402. The molecule has 1 aliphatic heterocycles. The summed E-state index contributed by atoms with van der Waals surface area (Å²) >= 11 is 0. The molecule has 0 aromatic heterocycles. The highest BCUT2D eigenvalue weighted by atomic mass is 16.5. The van der Waals surface area contributed by atoms with E-state index in [1.54, 1.807) is 7.11 Å². The van der Waals surface area contributed by atoms with Crippen LogP contribution in [0.5, 0.6) is 5.75 Å². The van der Waals surface area contributed by atoms with Gasteiger partial charge >= 0.3 is 0 Å². The molecule has 0 saturated carbocycles. The van der Waals surface area contributed by atoms with Crippen molar-refractivity contribution in [1.29, 1.82) is 0 Å². The van der Waals surface area contributed by atoms with Gasteiger partial charge in [0.15, 0.2) is 0 Å². The Morgan fingerprint density at radius 2 is 2.18 bits per heavy atom. The van der Waals surface area contributed by atoms with Crippen molar-refractivity contribution in [2.75, 3.05) is 12.4 Å². The molecule has 0 spiro atoms. The zero-order valence-corrected chi connectivity index (χ0v) is 11.3. The van der Waals surface area contributed by atoms with E-state index in [-0.39, 0.29) is 5.54 Å². The summed E-state index contributed by atoms with van der Waals surface area (Å²) in [6.07, 6.45) is 3.54. The fourth-order valence-electron chi connectivity index (χ4n) is 2.80. The Balaban J connectivity index is 2.48. The number of hydrogen-bond donors (Lipinski definition) is 1. The molecular weight excluding hydrogens is 210 g/mol. The second-order valence-electron chi connectivity index (χ2n) is 5.27. The number of para-hydroxylation sites is 1. The summed E-state index contributed by atoms with van der Waals surface area (Å²) in [6, 6.07) is 6.37. The van der Waals surface area contributed by atoms with Gasteiger partial charge in [-0.25, -0.2) is 0 Å². The molecule has 2 nitrogen and oxygen atoms in total. The third kappa shape index (κ3) is 2.13. The highest BCUT2D eigenvalue weighted by molar-refractivity contribution is 5.66. The maximum atomic E-state index is 5.48. The lowest BCUT2D eigenvalue weighted by Crippen LogP contribution is -2.39. The zero-order valence-electron chi connectivity index (χ0n) is 11.3. The van der Waals surface area contributed by atoms with Crippen molar-refractivity contribution in [2.24, 2.45) is 0 Å². The van der Waals surface area contributed by atoms with Crippen molar-refractivity contribution in [1.82, 2.24) is 0 Å². The van der Waals surface area contributed by atoms with Crippen LogP contribution in [0.15, 0.2) is 18.2 Å². The third-order valence-corrected chi connectivity index (χ3v) is 4.12. The first-order valence-electron chi connectivity index (χ1n) is 6.58. The zero-order chi connectivity index (χ0) is 12.5. The van der Waals surface area contributed by atoms with E-state index in [2.05, 4.69) is 38.2 Å². The summed E-state index contributed by atoms with van der Waals surface area (Å²) in [5, 5.41) is 3.68. The van der Waals surface area contributed by atoms with Gasteiger partial charge in [-0.3, -0.25) is 0 Å². The lowest BCUT2D eigenvalue weighted by molar-refractivity contribution is 0.374. The standard InChI is InChI=1S/C15H23NO/c1-5-11-10-15(3,6-2)16-14-12(11)8-7-9-13(14)17-4/h7-9,11,16H,5-6,10H2,1-4H3.